The lowest BCUT2D eigenvalue weighted by Crippen LogP contribution is -2.50. The lowest BCUT2D eigenvalue weighted by molar-refractivity contribution is -0.139. The van der Waals surface area contributed by atoms with Gasteiger partial charge in [0.25, 0.3) is 0 Å². The molecule has 2 fully saturated rings. The van der Waals surface area contributed by atoms with Crippen LogP contribution in [-0.2, 0) is 9.53 Å². The first kappa shape index (κ1) is 14.6. The van der Waals surface area contributed by atoms with Gasteiger partial charge in [-0.15, -0.1) is 0 Å². The minimum Gasteiger partial charge on any atom is -0.381 e. The third-order valence-corrected chi connectivity index (χ3v) is 5.19. The summed E-state index contributed by atoms with van der Waals surface area (Å²) in [5.41, 5.74) is 1.15. The third kappa shape index (κ3) is 2.71. The third-order valence-electron chi connectivity index (χ3n) is 5.19. The summed E-state index contributed by atoms with van der Waals surface area (Å²) in [5.74, 6) is 0.333. The van der Waals surface area contributed by atoms with Crippen LogP contribution in [0.25, 0.3) is 0 Å². The maximum Gasteiger partial charge on any atom is 0.230 e. The van der Waals surface area contributed by atoms with Gasteiger partial charge in [0.05, 0.1) is 12.0 Å². The molecule has 0 aliphatic carbocycles. The predicted octanol–water partition coefficient (Wildman–Crippen LogP) is 3.35. The average Bonchev–Trinajstić information content (AvgIpc) is 2.79. The number of carbonyl (C=O) groups excluding carboxylic acids is 1. The van der Waals surface area contributed by atoms with Crippen LogP contribution in [0, 0.1) is 0 Å². The maximum absolute atomic E-state index is 13.1. The molecular formula is C18H25NO2. The largest absolute Gasteiger partial charge is 0.381 e. The minimum atomic E-state index is 0.00777. The summed E-state index contributed by atoms with van der Waals surface area (Å²) in [5, 5.41) is 0. The van der Waals surface area contributed by atoms with Crippen molar-refractivity contribution in [2.45, 2.75) is 63.1 Å². The number of rotatable bonds is 4. The molecule has 21 heavy (non-hydrogen) atoms. The number of amides is 1. The van der Waals surface area contributed by atoms with E-state index in [1.807, 2.05) is 18.2 Å². The molecule has 3 atom stereocenters. The smallest absolute Gasteiger partial charge is 0.230 e. The van der Waals surface area contributed by atoms with Crippen LogP contribution < -0.4 is 0 Å². The van der Waals surface area contributed by atoms with Gasteiger partial charge in [0, 0.05) is 19.2 Å². The van der Waals surface area contributed by atoms with Crippen molar-refractivity contribution >= 4 is 5.91 Å². The molecule has 0 saturated carbocycles. The second-order valence-corrected chi connectivity index (χ2v) is 6.33. The standard InChI is InChI=1S/C18H25NO2/c1-3-17(13-7-5-4-6-8-13)18(20)19-14-9-10-15(19)12-16(11-14)21-2/h4-8,14-17H,3,9-12H2,1-2H3. The van der Waals surface area contributed by atoms with E-state index in [4.69, 9.17) is 4.74 Å². The summed E-state index contributed by atoms with van der Waals surface area (Å²) in [6.45, 7) is 2.11. The average molecular weight is 287 g/mol. The lowest BCUT2D eigenvalue weighted by Gasteiger charge is -2.40. The van der Waals surface area contributed by atoms with Crippen molar-refractivity contribution in [1.82, 2.24) is 4.90 Å². The normalized spacial score (nSPS) is 29.4. The first-order valence-electron chi connectivity index (χ1n) is 8.14. The second-order valence-electron chi connectivity index (χ2n) is 6.33. The van der Waals surface area contributed by atoms with Crippen molar-refractivity contribution < 1.29 is 9.53 Å². The van der Waals surface area contributed by atoms with Gasteiger partial charge >= 0.3 is 0 Å². The highest BCUT2D eigenvalue weighted by Gasteiger charge is 2.44. The summed E-state index contributed by atoms with van der Waals surface area (Å²) in [4.78, 5) is 15.3. The first-order chi connectivity index (χ1) is 10.2. The zero-order chi connectivity index (χ0) is 14.8. The molecule has 2 heterocycles. The van der Waals surface area contributed by atoms with Crippen LogP contribution >= 0.6 is 0 Å². The minimum absolute atomic E-state index is 0.00777. The molecule has 1 aromatic carbocycles. The SMILES string of the molecule is CCC(C(=O)N1C2CCC1CC(OC)C2)c1ccccc1. The Balaban J connectivity index is 1.79. The number of methoxy groups -OCH3 is 1. The van der Waals surface area contributed by atoms with E-state index < -0.39 is 0 Å². The number of piperidine rings is 1. The Labute approximate surface area is 127 Å². The van der Waals surface area contributed by atoms with Crippen LogP contribution in [0.15, 0.2) is 30.3 Å². The Morgan fingerprint density at radius 3 is 2.38 bits per heavy atom. The quantitative estimate of drug-likeness (QED) is 0.850. The number of hydrogen-bond donors (Lipinski definition) is 0. The van der Waals surface area contributed by atoms with E-state index in [1.54, 1.807) is 7.11 Å². The van der Waals surface area contributed by atoms with Crippen LogP contribution in [-0.4, -0.2) is 36.1 Å². The molecule has 3 rings (SSSR count). The highest BCUT2D eigenvalue weighted by atomic mass is 16.5. The van der Waals surface area contributed by atoms with Gasteiger partial charge in [-0.1, -0.05) is 37.3 Å². The van der Waals surface area contributed by atoms with Crippen LogP contribution in [0.3, 0.4) is 0 Å². The van der Waals surface area contributed by atoms with Gasteiger partial charge in [-0.2, -0.15) is 0 Å². The van der Waals surface area contributed by atoms with Gasteiger partial charge < -0.3 is 9.64 Å². The lowest BCUT2D eigenvalue weighted by atomic mass is 9.91. The van der Waals surface area contributed by atoms with E-state index >= 15 is 0 Å². The molecule has 0 radical (unpaired) electrons. The molecule has 2 saturated heterocycles. The number of benzene rings is 1. The topological polar surface area (TPSA) is 29.5 Å². The Hall–Kier alpha value is -1.35. The molecule has 1 aromatic rings. The molecule has 3 unspecified atom stereocenters. The van der Waals surface area contributed by atoms with Crippen molar-refractivity contribution in [1.29, 1.82) is 0 Å². The van der Waals surface area contributed by atoms with Gasteiger partial charge in [-0.25, -0.2) is 0 Å². The van der Waals surface area contributed by atoms with Crippen molar-refractivity contribution in [3.63, 3.8) is 0 Å². The Kier molecular flexibility index (Phi) is 4.29. The van der Waals surface area contributed by atoms with E-state index in [1.165, 1.54) is 0 Å². The van der Waals surface area contributed by atoms with Gasteiger partial charge in [-0.05, 0) is 37.7 Å². The fourth-order valence-corrected chi connectivity index (χ4v) is 4.10. The van der Waals surface area contributed by atoms with Crippen LogP contribution in [0.5, 0.6) is 0 Å². The number of hydrogen-bond acceptors (Lipinski definition) is 2. The number of ether oxygens (including phenoxy) is 1. The molecule has 2 aliphatic heterocycles. The highest BCUT2D eigenvalue weighted by Crippen LogP contribution is 2.39. The number of fused-ring (bicyclic) bond motifs is 2. The summed E-state index contributed by atoms with van der Waals surface area (Å²) >= 11 is 0. The molecule has 3 nitrogen and oxygen atoms in total. The first-order valence-corrected chi connectivity index (χ1v) is 8.14. The second kappa shape index (κ2) is 6.18. The van der Waals surface area contributed by atoms with E-state index in [-0.39, 0.29) is 5.92 Å². The van der Waals surface area contributed by atoms with E-state index in [9.17, 15) is 4.79 Å². The zero-order valence-corrected chi connectivity index (χ0v) is 13.0. The van der Waals surface area contributed by atoms with Gasteiger partial charge in [0.15, 0.2) is 0 Å². The molecule has 1 amide bonds. The van der Waals surface area contributed by atoms with Crippen molar-refractivity contribution in [3.05, 3.63) is 35.9 Å². The van der Waals surface area contributed by atoms with E-state index in [0.29, 0.717) is 24.1 Å². The molecule has 2 aliphatic rings. The fourth-order valence-electron chi connectivity index (χ4n) is 4.10. The summed E-state index contributed by atoms with van der Waals surface area (Å²) in [6.07, 6.45) is 5.49. The van der Waals surface area contributed by atoms with Gasteiger partial charge in [0.1, 0.15) is 0 Å². The maximum atomic E-state index is 13.1. The number of nitrogens with zero attached hydrogens (tertiary/aromatic N) is 1. The van der Waals surface area contributed by atoms with Crippen LogP contribution in [0.2, 0.25) is 0 Å². The van der Waals surface area contributed by atoms with Crippen molar-refractivity contribution in [2.24, 2.45) is 0 Å². The van der Waals surface area contributed by atoms with Gasteiger partial charge in [0.2, 0.25) is 5.91 Å². The fraction of sp³-hybridized carbons (Fsp3) is 0.611. The molecule has 3 heteroatoms. The summed E-state index contributed by atoms with van der Waals surface area (Å²) < 4.78 is 5.53. The molecule has 0 aromatic heterocycles. The molecule has 0 N–H and O–H groups in total. The van der Waals surface area contributed by atoms with Crippen molar-refractivity contribution in [2.75, 3.05) is 7.11 Å². The van der Waals surface area contributed by atoms with E-state index in [0.717, 1.165) is 37.7 Å². The Morgan fingerprint density at radius 1 is 1.24 bits per heavy atom. The molecule has 114 valence electrons. The van der Waals surface area contributed by atoms with E-state index in [2.05, 4.69) is 24.0 Å². The predicted molar refractivity (Wildman–Crippen MR) is 83.2 cm³/mol. The van der Waals surface area contributed by atoms with Crippen LogP contribution in [0.1, 0.15) is 50.5 Å². The van der Waals surface area contributed by atoms with Crippen molar-refractivity contribution in [3.8, 4) is 0 Å². The van der Waals surface area contributed by atoms with Gasteiger partial charge in [-0.3, -0.25) is 4.79 Å². The summed E-state index contributed by atoms with van der Waals surface area (Å²) in [7, 11) is 1.79. The van der Waals surface area contributed by atoms with Crippen LogP contribution in [0.4, 0.5) is 0 Å². The number of carbonyl (C=O) groups is 1. The molecular weight excluding hydrogens is 262 g/mol. The highest BCUT2D eigenvalue weighted by molar-refractivity contribution is 5.84. The molecule has 0 spiro atoms. The monoisotopic (exact) mass is 287 g/mol. The zero-order valence-electron chi connectivity index (χ0n) is 13.0. The Morgan fingerprint density at radius 2 is 1.86 bits per heavy atom. The summed E-state index contributed by atoms with van der Waals surface area (Å²) in [6, 6.07) is 11.0. The molecule has 2 bridgehead atoms. The Bertz CT molecular complexity index is 473.